The molecule has 4 aliphatic rings. The number of benzene rings is 2. The summed E-state index contributed by atoms with van der Waals surface area (Å²) in [5, 5.41) is 15.6. The number of nitrogens with zero attached hydrogens (tertiary/aromatic N) is 3. The average Bonchev–Trinajstić information content (AvgIpc) is 3.26. The fraction of sp³-hybridized carbons (Fsp3) is 0.441. The van der Waals surface area contributed by atoms with E-state index in [0.717, 1.165) is 43.5 Å². The van der Waals surface area contributed by atoms with Crippen molar-refractivity contribution in [3.8, 4) is 0 Å². The molecular weight excluding hydrogens is 562 g/mol. The van der Waals surface area contributed by atoms with Crippen LogP contribution in [0.1, 0.15) is 73.1 Å². The molecule has 3 amide bonds. The van der Waals surface area contributed by atoms with Crippen LogP contribution in [-0.2, 0) is 14.4 Å². The summed E-state index contributed by atoms with van der Waals surface area (Å²) in [5.41, 5.74) is 1.10. The molecule has 3 aliphatic heterocycles. The minimum absolute atomic E-state index is 0.151. The second kappa shape index (κ2) is 12.7. The van der Waals surface area contributed by atoms with Gasteiger partial charge in [0.1, 0.15) is 6.04 Å². The van der Waals surface area contributed by atoms with E-state index in [2.05, 4.69) is 18.7 Å². The molecule has 3 fully saturated rings. The van der Waals surface area contributed by atoms with Gasteiger partial charge in [-0.05, 0) is 74.6 Å². The number of likely N-dealkylation sites (tertiary alicyclic amines) is 1. The Hall–Kier alpha value is -4.31. The van der Waals surface area contributed by atoms with Gasteiger partial charge in [-0.15, -0.1) is 0 Å². The van der Waals surface area contributed by atoms with Gasteiger partial charge in [0.2, 0.25) is 0 Å². The number of amides is 3. The number of carboxylic acids is 2. The van der Waals surface area contributed by atoms with Crippen LogP contribution in [0.4, 0.5) is 5.69 Å². The lowest BCUT2D eigenvalue weighted by atomic mass is 9.69. The molecule has 2 aromatic carbocycles. The number of para-hydroxylation sites is 1. The van der Waals surface area contributed by atoms with E-state index in [9.17, 15) is 24.0 Å². The Bertz CT molecular complexity index is 1400. The second-order valence-electron chi connectivity index (χ2n) is 12.4. The minimum Gasteiger partial charge on any atom is -0.478 e. The standard InChI is InChI=1S/C30H35N3O3.C4H4O4/c1-20(2)21-12-14-22(15-13-21)31-18-16-30(17-19-31)26(29(36)33(30)23-8-4-3-5-9-23)32-27(34)24-10-6-7-11-25(24)28(32)35;5-3(6)1-2-4(7)8/h3-11,20-22,26H,12-19H2,1-2H3;1-2H,(H,5,6)(H,7,8)/b;2-1+/t21-,22+,26?;. The summed E-state index contributed by atoms with van der Waals surface area (Å²) in [6.45, 7) is 6.43. The molecule has 3 heterocycles. The molecule has 6 rings (SSSR count). The molecule has 2 saturated heterocycles. The maximum atomic E-state index is 13.7. The van der Waals surface area contributed by atoms with Crippen molar-refractivity contribution in [1.82, 2.24) is 9.80 Å². The first-order chi connectivity index (χ1) is 21.0. The number of hydrogen-bond acceptors (Lipinski definition) is 6. The third-order valence-corrected chi connectivity index (χ3v) is 9.74. The lowest BCUT2D eigenvalue weighted by molar-refractivity contribution is -0.138. The summed E-state index contributed by atoms with van der Waals surface area (Å²) in [5.74, 6) is -1.77. The molecule has 1 atom stereocenters. The maximum absolute atomic E-state index is 13.7. The van der Waals surface area contributed by atoms with Gasteiger partial charge < -0.3 is 20.0 Å². The van der Waals surface area contributed by atoms with Crippen LogP contribution in [0.15, 0.2) is 66.7 Å². The number of carboxylic acid groups (broad SMARTS) is 2. The van der Waals surface area contributed by atoms with E-state index in [-0.39, 0.29) is 17.7 Å². The molecule has 10 nitrogen and oxygen atoms in total. The molecule has 2 N–H and O–H groups in total. The fourth-order valence-electron chi connectivity index (χ4n) is 7.43. The highest BCUT2D eigenvalue weighted by Crippen LogP contribution is 2.49. The topological polar surface area (TPSA) is 136 Å². The third-order valence-electron chi connectivity index (χ3n) is 9.74. The quantitative estimate of drug-likeness (QED) is 0.282. The van der Waals surface area contributed by atoms with Gasteiger partial charge in [0.05, 0.1) is 16.7 Å². The van der Waals surface area contributed by atoms with Crippen LogP contribution in [-0.4, -0.2) is 80.4 Å². The summed E-state index contributed by atoms with van der Waals surface area (Å²) in [6, 6.07) is 16.5. The number of carbonyl (C=O) groups is 5. The van der Waals surface area contributed by atoms with E-state index in [4.69, 9.17) is 10.2 Å². The Balaban J connectivity index is 0.000000426. The Labute approximate surface area is 256 Å². The van der Waals surface area contributed by atoms with Crippen molar-refractivity contribution in [2.75, 3.05) is 18.0 Å². The predicted molar refractivity (Wildman–Crippen MR) is 163 cm³/mol. The Morgan fingerprint density at radius 2 is 1.30 bits per heavy atom. The first-order valence-corrected chi connectivity index (χ1v) is 15.3. The number of aliphatic carboxylic acids is 2. The number of hydrogen-bond donors (Lipinski definition) is 2. The summed E-state index contributed by atoms with van der Waals surface area (Å²) in [6.07, 6.45) is 7.68. The molecule has 1 aliphatic carbocycles. The molecule has 1 unspecified atom stereocenters. The van der Waals surface area contributed by atoms with Gasteiger partial charge in [-0.1, -0.05) is 44.2 Å². The molecule has 0 aromatic heterocycles. The Kier molecular flexibility index (Phi) is 9.01. The molecule has 0 radical (unpaired) electrons. The normalized spacial score (nSPS) is 24.7. The van der Waals surface area contributed by atoms with Crippen molar-refractivity contribution in [1.29, 1.82) is 0 Å². The van der Waals surface area contributed by atoms with E-state index < -0.39 is 23.5 Å². The van der Waals surface area contributed by atoms with Crippen LogP contribution < -0.4 is 4.90 Å². The number of piperidine rings is 1. The first-order valence-electron chi connectivity index (χ1n) is 15.3. The molecule has 1 spiro atoms. The monoisotopic (exact) mass is 601 g/mol. The number of β-lactam (4-membered cyclic amide) rings is 1. The first kappa shape index (κ1) is 31.1. The van der Waals surface area contributed by atoms with Gasteiger partial charge in [0.25, 0.3) is 17.7 Å². The van der Waals surface area contributed by atoms with Gasteiger partial charge in [-0.25, -0.2) is 9.59 Å². The zero-order chi connectivity index (χ0) is 31.6. The number of fused-ring (bicyclic) bond motifs is 1. The van der Waals surface area contributed by atoms with Crippen LogP contribution in [0, 0.1) is 11.8 Å². The fourth-order valence-corrected chi connectivity index (χ4v) is 7.43. The van der Waals surface area contributed by atoms with Crippen molar-refractivity contribution in [2.24, 2.45) is 11.8 Å². The van der Waals surface area contributed by atoms with Crippen LogP contribution in [0.2, 0.25) is 0 Å². The number of rotatable bonds is 6. The largest absolute Gasteiger partial charge is 0.478 e. The van der Waals surface area contributed by atoms with Gasteiger partial charge >= 0.3 is 11.9 Å². The van der Waals surface area contributed by atoms with Crippen LogP contribution in [0.25, 0.3) is 0 Å². The zero-order valence-corrected chi connectivity index (χ0v) is 25.1. The molecule has 0 bridgehead atoms. The summed E-state index contributed by atoms with van der Waals surface area (Å²) >= 11 is 0. The van der Waals surface area contributed by atoms with E-state index >= 15 is 0 Å². The maximum Gasteiger partial charge on any atom is 0.328 e. The third kappa shape index (κ3) is 5.78. The zero-order valence-electron chi connectivity index (χ0n) is 25.1. The van der Waals surface area contributed by atoms with Crippen LogP contribution in [0.3, 0.4) is 0 Å². The van der Waals surface area contributed by atoms with Crippen molar-refractivity contribution in [3.63, 3.8) is 0 Å². The SMILES string of the molecule is CC(C)[C@H]1CC[C@@H](N2CCC3(CC2)C(N2C(=O)c4ccccc4C2=O)C(=O)N3c2ccccc2)CC1.O=C(O)/C=C/C(=O)O. The highest BCUT2D eigenvalue weighted by atomic mass is 16.4. The summed E-state index contributed by atoms with van der Waals surface area (Å²) < 4.78 is 0. The van der Waals surface area contributed by atoms with Crippen LogP contribution in [0.5, 0.6) is 0 Å². The van der Waals surface area contributed by atoms with Gasteiger partial charge in [-0.3, -0.25) is 19.3 Å². The van der Waals surface area contributed by atoms with Crippen molar-refractivity contribution in [2.45, 2.75) is 70.0 Å². The summed E-state index contributed by atoms with van der Waals surface area (Å²) in [7, 11) is 0. The highest BCUT2D eigenvalue weighted by Gasteiger charge is 2.66. The molecule has 10 heteroatoms. The lowest BCUT2D eigenvalue weighted by Crippen LogP contribution is -2.82. The van der Waals surface area contributed by atoms with E-state index in [1.54, 1.807) is 24.3 Å². The van der Waals surface area contributed by atoms with E-state index in [1.807, 2.05) is 35.2 Å². The summed E-state index contributed by atoms with van der Waals surface area (Å²) in [4.78, 5) is 65.3. The average molecular weight is 602 g/mol. The lowest BCUT2D eigenvalue weighted by Gasteiger charge is -2.62. The molecular formula is C34H39N3O7. The molecule has 44 heavy (non-hydrogen) atoms. The van der Waals surface area contributed by atoms with Crippen LogP contribution >= 0.6 is 0 Å². The predicted octanol–water partition coefficient (Wildman–Crippen LogP) is 4.46. The van der Waals surface area contributed by atoms with Gasteiger partial charge in [0, 0.05) is 37.0 Å². The minimum atomic E-state index is -1.26. The van der Waals surface area contributed by atoms with Crippen molar-refractivity contribution >= 4 is 35.3 Å². The molecule has 232 valence electrons. The highest BCUT2D eigenvalue weighted by molar-refractivity contribution is 6.25. The smallest absolute Gasteiger partial charge is 0.328 e. The molecule has 1 saturated carbocycles. The Morgan fingerprint density at radius 3 is 1.77 bits per heavy atom. The Morgan fingerprint density at radius 1 is 0.795 bits per heavy atom. The van der Waals surface area contributed by atoms with Gasteiger partial charge in [-0.2, -0.15) is 0 Å². The van der Waals surface area contributed by atoms with E-state index in [0.29, 0.717) is 29.3 Å². The van der Waals surface area contributed by atoms with Crippen molar-refractivity contribution in [3.05, 3.63) is 77.9 Å². The number of imide groups is 1. The van der Waals surface area contributed by atoms with Crippen molar-refractivity contribution < 1.29 is 34.2 Å². The number of anilines is 1. The van der Waals surface area contributed by atoms with E-state index in [1.165, 1.54) is 30.6 Å². The molecule has 2 aromatic rings. The second-order valence-corrected chi connectivity index (χ2v) is 12.4. The number of carbonyl (C=O) groups excluding carboxylic acids is 3. The van der Waals surface area contributed by atoms with Gasteiger partial charge in [0.15, 0.2) is 0 Å².